The van der Waals surface area contributed by atoms with Crippen LogP contribution in [0.3, 0.4) is 0 Å². The minimum absolute atomic E-state index is 0.0131. The third kappa shape index (κ3) is 5.55. The van der Waals surface area contributed by atoms with E-state index < -0.39 is 12.1 Å². The molecule has 1 N–H and O–H groups in total. The van der Waals surface area contributed by atoms with Crippen molar-refractivity contribution >= 4 is 29.1 Å². The van der Waals surface area contributed by atoms with Crippen molar-refractivity contribution in [3.63, 3.8) is 0 Å². The Labute approximate surface area is 151 Å². The van der Waals surface area contributed by atoms with Gasteiger partial charge in [0.15, 0.2) is 0 Å². The molecule has 2 aromatic rings. The third-order valence-electron chi connectivity index (χ3n) is 3.33. The van der Waals surface area contributed by atoms with Crippen molar-refractivity contribution in [1.29, 1.82) is 0 Å². The smallest absolute Gasteiger partial charge is 0.411 e. The lowest BCUT2D eigenvalue weighted by Gasteiger charge is -2.19. The number of azo groups is 1. The van der Waals surface area contributed by atoms with Crippen LogP contribution in [0.15, 0.2) is 77.0 Å². The molecular weight excluding hydrogens is 334 g/mol. The molecule has 0 heterocycles. The van der Waals surface area contributed by atoms with E-state index in [4.69, 9.17) is 4.74 Å². The molecule has 0 aromatic heterocycles. The Kier molecular flexibility index (Phi) is 6.61. The van der Waals surface area contributed by atoms with Gasteiger partial charge in [0.2, 0.25) is 0 Å². The van der Waals surface area contributed by atoms with Crippen LogP contribution in [0.2, 0.25) is 0 Å². The maximum absolute atomic E-state index is 11.4. The van der Waals surface area contributed by atoms with E-state index in [9.17, 15) is 14.7 Å². The molecule has 7 heteroatoms. The average Bonchev–Trinajstić information content (AvgIpc) is 2.64. The summed E-state index contributed by atoms with van der Waals surface area (Å²) in [5.74, 6) is -0.549. The highest BCUT2D eigenvalue weighted by molar-refractivity contribution is 5.88. The number of amides is 1. The summed E-state index contributed by atoms with van der Waals surface area (Å²) in [6, 6.07) is 15.8. The Morgan fingerprint density at radius 2 is 1.62 bits per heavy atom. The van der Waals surface area contributed by atoms with Crippen molar-refractivity contribution in [2.45, 2.75) is 6.92 Å². The second-order valence-electron chi connectivity index (χ2n) is 5.40. The van der Waals surface area contributed by atoms with Gasteiger partial charge >= 0.3 is 12.1 Å². The molecule has 1 amide bonds. The summed E-state index contributed by atoms with van der Waals surface area (Å²) in [7, 11) is 0. The Morgan fingerprint density at radius 3 is 2.15 bits per heavy atom. The number of ether oxygens (including phenoxy) is 1. The average molecular weight is 353 g/mol. The number of carbonyl (C=O) groups is 2. The van der Waals surface area contributed by atoms with Gasteiger partial charge in [-0.1, -0.05) is 24.8 Å². The van der Waals surface area contributed by atoms with Gasteiger partial charge in [0.05, 0.1) is 17.9 Å². The molecule has 134 valence electrons. The van der Waals surface area contributed by atoms with Crippen LogP contribution in [0, 0.1) is 0 Å². The Morgan fingerprint density at radius 1 is 1.04 bits per heavy atom. The zero-order chi connectivity index (χ0) is 18.9. The van der Waals surface area contributed by atoms with Gasteiger partial charge in [-0.15, -0.1) is 0 Å². The van der Waals surface area contributed by atoms with Crippen molar-refractivity contribution in [3.05, 3.63) is 66.7 Å². The fourth-order valence-corrected chi connectivity index (χ4v) is 2.00. The highest BCUT2D eigenvalue weighted by atomic mass is 16.5. The Balaban J connectivity index is 2.01. The van der Waals surface area contributed by atoms with Crippen LogP contribution in [0.1, 0.15) is 6.92 Å². The molecule has 0 bridgehead atoms. The highest BCUT2D eigenvalue weighted by Crippen LogP contribution is 2.22. The predicted octanol–water partition coefficient (Wildman–Crippen LogP) is 4.71. The van der Waals surface area contributed by atoms with Gasteiger partial charge in [0.1, 0.15) is 6.61 Å². The van der Waals surface area contributed by atoms with E-state index in [-0.39, 0.29) is 18.7 Å². The van der Waals surface area contributed by atoms with Crippen molar-refractivity contribution in [3.8, 4) is 0 Å². The van der Waals surface area contributed by atoms with E-state index in [1.165, 1.54) is 6.92 Å². The van der Waals surface area contributed by atoms with E-state index in [1.54, 1.807) is 24.3 Å². The summed E-state index contributed by atoms with van der Waals surface area (Å²) in [5, 5.41) is 17.6. The number of anilines is 1. The summed E-state index contributed by atoms with van der Waals surface area (Å²) >= 11 is 0. The van der Waals surface area contributed by atoms with Crippen LogP contribution in [-0.2, 0) is 9.53 Å². The van der Waals surface area contributed by atoms with Gasteiger partial charge in [-0.3, -0.25) is 4.90 Å². The number of esters is 1. The minimum atomic E-state index is -1.14. The topological polar surface area (TPSA) is 91.6 Å². The number of hydrogen-bond acceptors (Lipinski definition) is 5. The van der Waals surface area contributed by atoms with Crippen LogP contribution < -0.4 is 4.90 Å². The zero-order valence-electron chi connectivity index (χ0n) is 14.3. The fraction of sp³-hybridized carbons (Fsp3) is 0.158. The molecule has 0 radical (unpaired) electrons. The molecule has 0 aliphatic rings. The quantitative estimate of drug-likeness (QED) is 0.443. The third-order valence-corrected chi connectivity index (χ3v) is 3.33. The molecule has 0 atom stereocenters. The van der Waals surface area contributed by atoms with Crippen LogP contribution in [-0.4, -0.2) is 30.3 Å². The second-order valence-corrected chi connectivity index (χ2v) is 5.40. The minimum Gasteiger partial charge on any atom is -0.465 e. The molecular formula is C19H19N3O4. The van der Waals surface area contributed by atoms with Gasteiger partial charge < -0.3 is 9.84 Å². The van der Waals surface area contributed by atoms with Crippen molar-refractivity contribution in [2.75, 3.05) is 18.1 Å². The molecule has 2 rings (SSSR count). The molecule has 2 aromatic carbocycles. The summed E-state index contributed by atoms with van der Waals surface area (Å²) in [5.41, 5.74) is 2.03. The largest absolute Gasteiger partial charge is 0.465 e. The van der Waals surface area contributed by atoms with Crippen LogP contribution in [0.25, 0.3) is 0 Å². The predicted molar refractivity (Wildman–Crippen MR) is 98.2 cm³/mol. The van der Waals surface area contributed by atoms with Gasteiger partial charge in [0.25, 0.3) is 0 Å². The molecule has 0 fully saturated rings. The lowest BCUT2D eigenvalue weighted by Crippen LogP contribution is -2.33. The van der Waals surface area contributed by atoms with Gasteiger partial charge in [0, 0.05) is 11.3 Å². The molecule has 0 spiro atoms. The summed E-state index contributed by atoms with van der Waals surface area (Å²) in [6.07, 6.45) is -1.14. The number of nitrogens with zero attached hydrogens (tertiary/aromatic N) is 3. The van der Waals surface area contributed by atoms with Gasteiger partial charge in [-0.05, 0) is 43.3 Å². The number of rotatable bonds is 7. The van der Waals surface area contributed by atoms with Gasteiger partial charge in [-0.2, -0.15) is 10.2 Å². The summed E-state index contributed by atoms with van der Waals surface area (Å²) in [4.78, 5) is 23.9. The van der Waals surface area contributed by atoms with Crippen LogP contribution >= 0.6 is 0 Å². The van der Waals surface area contributed by atoms with Crippen LogP contribution in [0.5, 0.6) is 0 Å². The highest BCUT2D eigenvalue weighted by Gasteiger charge is 2.15. The number of carboxylic acid groups (broad SMARTS) is 1. The van der Waals surface area contributed by atoms with E-state index in [1.807, 2.05) is 30.3 Å². The normalized spacial score (nSPS) is 10.5. The maximum atomic E-state index is 11.4. The Bertz CT molecular complexity index is 801. The van der Waals surface area contributed by atoms with E-state index in [0.717, 1.165) is 10.6 Å². The Hall–Kier alpha value is -3.48. The number of benzene rings is 2. The fourth-order valence-electron chi connectivity index (χ4n) is 2.00. The SMILES string of the molecule is C=C(C)C(=O)OCCN(C(=O)O)c1ccc(N=Nc2ccccc2)cc1. The van der Waals surface area contributed by atoms with Crippen molar-refractivity contribution < 1.29 is 19.4 Å². The molecule has 7 nitrogen and oxygen atoms in total. The molecule has 26 heavy (non-hydrogen) atoms. The van der Waals surface area contributed by atoms with Crippen molar-refractivity contribution in [1.82, 2.24) is 0 Å². The van der Waals surface area contributed by atoms with E-state index >= 15 is 0 Å². The molecule has 0 aliphatic carbocycles. The first-order valence-electron chi connectivity index (χ1n) is 7.87. The first-order valence-corrected chi connectivity index (χ1v) is 7.87. The second kappa shape index (κ2) is 9.12. The van der Waals surface area contributed by atoms with E-state index in [2.05, 4.69) is 16.8 Å². The summed E-state index contributed by atoms with van der Waals surface area (Å²) < 4.78 is 4.94. The molecule has 0 saturated carbocycles. The van der Waals surface area contributed by atoms with Gasteiger partial charge in [-0.25, -0.2) is 9.59 Å². The van der Waals surface area contributed by atoms with Crippen molar-refractivity contribution in [2.24, 2.45) is 10.2 Å². The number of hydrogen-bond donors (Lipinski definition) is 1. The molecule has 0 saturated heterocycles. The number of carbonyl (C=O) groups excluding carboxylic acids is 1. The monoisotopic (exact) mass is 353 g/mol. The maximum Gasteiger partial charge on any atom is 0.411 e. The molecule has 0 unspecified atom stereocenters. The van der Waals surface area contributed by atoms with E-state index in [0.29, 0.717) is 11.4 Å². The molecule has 0 aliphatic heterocycles. The lowest BCUT2D eigenvalue weighted by atomic mass is 10.2. The lowest BCUT2D eigenvalue weighted by molar-refractivity contribution is -0.138. The first-order chi connectivity index (χ1) is 12.5. The standard InChI is InChI=1S/C19H19N3O4/c1-14(2)18(23)26-13-12-22(19(24)25)17-10-8-16(9-11-17)21-20-15-6-4-3-5-7-15/h3-11H,1,12-13H2,2H3,(H,24,25). The summed E-state index contributed by atoms with van der Waals surface area (Å²) in [6.45, 7) is 4.95. The van der Waals surface area contributed by atoms with Crippen LogP contribution in [0.4, 0.5) is 21.9 Å². The zero-order valence-corrected chi connectivity index (χ0v) is 14.3. The first kappa shape index (κ1) is 18.9.